The highest BCUT2D eigenvalue weighted by atomic mass is 32.1. The second-order valence-corrected chi connectivity index (χ2v) is 6.11. The van der Waals surface area contributed by atoms with Crippen LogP contribution in [0.25, 0.3) is 10.2 Å². The van der Waals surface area contributed by atoms with Gasteiger partial charge in [0.2, 0.25) is 0 Å². The number of ether oxygens (including phenoxy) is 1. The molecule has 0 radical (unpaired) electrons. The number of nitrogens with one attached hydrogen (secondary N) is 1. The fourth-order valence-corrected chi connectivity index (χ4v) is 3.03. The fourth-order valence-electron chi connectivity index (χ4n) is 2.05. The molecule has 1 heterocycles. The summed E-state index contributed by atoms with van der Waals surface area (Å²) in [6, 6.07) is 11.4. The van der Waals surface area contributed by atoms with Gasteiger partial charge in [-0.05, 0) is 36.8 Å². The topological polar surface area (TPSA) is 94.4 Å². The molecule has 2 aromatic carbocycles. The molecule has 3 rings (SSSR count). The second-order valence-electron chi connectivity index (χ2n) is 5.08. The summed E-state index contributed by atoms with van der Waals surface area (Å²) in [7, 11) is 0. The van der Waals surface area contributed by atoms with Gasteiger partial charge < -0.3 is 4.74 Å². The largest absolute Gasteiger partial charge is 0.484 e. The lowest BCUT2D eigenvalue weighted by atomic mass is 10.2. The number of fused-ring (bicyclic) bond motifs is 1. The summed E-state index contributed by atoms with van der Waals surface area (Å²) < 4.78 is 6.31. The summed E-state index contributed by atoms with van der Waals surface area (Å²) in [5.41, 5.74) is 1.93. The molecular weight excluding hydrogens is 330 g/mol. The lowest BCUT2D eigenvalue weighted by Gasteiger charge is -2.05. The summed E-state index contributed by atoms with van der Waals surface area (Å²) in [4.78, 5) is 26.3. The third-order valence-electron chi connectivity index (χ3n) is 3.21. The van der Waals surface area contributed by atoms with Crippen LogP contribution in [0, 0.1) is 17.0 Å². The maximum absolute atomic E-state index is 11.9. The van der Waals surface area contributed by atoms with Crippen LogP contribution in [0.4, 0.5) is 10.8 Å². The Morgan fingerprint density at radius 1 is 1.29 bits per heavy atom. The number of rotatable bonds is 5. The number of nitro groups is 1. The van der Waals surface area contributed by atoms with Crippen molar-refractivity contribution >= 4 is 38.3 Å². The predicted molar refractivity (Wildman–Crippen MR) is 91.6 cm³/mol. The summed E-state index contributed by atoms with van der Waals surface area (Å²) in [5, 5.41) is 13.8. The minimum Gasteiger partial charge on any atom is -0.484 e. The van der Waals surface area contributed by atoms with E-state index in [2.05, 4.69) is 10.3 Å². The van der Waals surface area contributed by atoms with Crippen LogP contribution in [0.3, 0.4) is 0 Å². The van der Waals surface area contributed by atoms with Crippen molar-refractivity contribution < 1.29 is 14.5 Å². The summed E-state index contributed by atoms with van der Waals surface area (Å²) in [5.74, 6) is 0.0415. The van der Waals surface area contributed by atoms with Crippen LogP contribution >= 0.6 is 11.3 Å². The highest BCUT2D eigenvalue weighted by Crippen LogP contribution is 2.26. The van der Waals surface area contributed by atoms with Gasteiger partial charge in [0.25, 0.3) is 11.6 Å². The first-order chi connectivity index (χ1) is 11.5. The van der Waals surface area contributed by atoms with Crippen LogP contribution in [0.2, 0.25) is 0 Å². The highest BCUT2D eigenvalue weighted by Gasteiger charge is 2.10. The lowest BCUT2D eigenvalue weighted by Crippen LogP contribution is -2.19. The molecule has 0 aliphatic heterocycles. The maximum atomic E-state index is 11.9. The van der Waals surface area contributed by atoms with Gasteiger partial charge in [-0.25, -0.2) is 4.98 Å². The van der Waals surface area contributed by atoms with Gasteiger partial charge in [-0.3, -0.25) is 20.2 Å². The minimum atomic E-state index is -0.495. The normalized spacial score (nSPS) is 10.5. The number of carbonyl (C=O) groups excluding carboxylic acids is 1. The van der Waals surface area contributed by atoms with Crippen molar-refractivity contribution in [2.75, 3.05) is 11.9 Å². The van der Waals surface area contributed by atoms with Gasteiger partial charge in [-0.1, -0.05) is 17.4 Å². The number of hydrogen-bond acceptors (Lipinski definition) is 6. The van der Waals surface area contributed by atoms with Crippen molar-refractivity contribution in [2.45, 2.75) is 6.92 Å². The third-order valence-corrected chi connectivity index (χ3v) is 4.14. The van der Waals surface area contributed by atoms with E-state index in [9.17, 15) is 14.9 Å². The highest BCUT2D eigenvalue weighted by molar-refractivity contribution is 7.22. The molecule has 0 aliphatic carbocycles. The first-order valence-corrected chi connectivity index (χ1v) is 7.87. The van der Waals surface area contributed by atoms with Crippen molar-refractivity contribution in [3.63, 3.8) is 0 Å². The Labute approximate surface area is 141 Å². The Bertz CT molecular complexity index is 905. The Balaban J connectivity index is 1.59. The zero-order valence-electron chi connectivity index (χ0n) is 12.7. The van der Waals surface area contributed by atoms with E-state index in [1.54, 1.807) is 0 Å². The second kappa shape index (κ2) is 6.63. The van der Waals surface area contributed by atoms with E-state index in [1.807, 2.05) is 25.1 Å². The summed E-state index contributed by atoms with van der Waals surface area (Å²) in [6.45, 7) is 1.79. The number of hydrogen-bond donors (Lipinski definition) is 1. The number of carbonyl (C=O) groups is 1. The minimum absolute atomic E-state index is 0.0310. The average molecular weight is 343 g/mol. The molecule has 122 valence electrons. The zero-order chi connectivity index (χ0) is 17.1. The molecule has 3 aromatic rings. The molecule has 0 bridgehead atoms. The Morgan fingerprint density at radius 2 is 2.04 bits per heavy atom. The number of thiazole rings is 1. The molecule has 1 aromatic heterocycles. The molecule has 7 nitrogen and oxygen atoms in total. The smallest absolute Gasteiger partial charge is 0.269 e. The van der Waals surface area contributed by atoms with E-state index in [0.29, 0.717) is 10.9 Å². The molecule has 0 saturated carbocycles. The maximum Gasteiger partial charge on any atom is 0.269 e. The molecule has 0 spiro atoms. The Morgan fingerprint density at radius 3 is 2.75 bits per heavy atom. The molecule has 0 aliphatic rings. The van der Waals surface area contributed by atoms with Gasteiger partial charge in [0.05, 0.1) is 15.1 Å². The zero-order valence-corrected chi connectivity index (χ0v) is 13.5. The fraction of sp³-hybridized carbons (Fsp3) is 0.125. The van der Waals surface area contributed by atoms with Gasteiger partial charge in [-0.2, -0.15) is 0 Å². The first-order valence-electron chi connectivity index (χ1n) is 7.05. The first kappa shape index (κ1) is 15.9. The van der Waals surface area contributed by atoms with Crippen molar-refractivity contribution in [2.24, 2.45) is 0 Å². The van der Waals surface area contributed by atoms with Crippen LogP contribution in [0.15, 0.2) is 42.5 Å². The number of benzene rings is 2. The Kier molecular flexibility index (Phi) is 4.39. The Hall–Kier alpha value is -3.00. The van der Waals surface area contributed by atoms with Crippen molar-refractivity contribution in [3.05, 3.63) is 58.1 Å². The van der Waals surface area contributed by atoms with E-state index in [-0.39, 0.29) is 18.2 Å². The van der Waals surface area contributed by atoms with Gasteiger partial charge in [0.15, 0.2) is 11.7 Å². The number of non-ortho nitro benzene ring substituents is 1. The molecule has 1 N–H and O–H groups in total. The molecule has 8 heteroatoms. The number of aromatic nitrogens is 1. The quantitative estimate of drug-likeness (QED) is 0.565. The number of nitro benzene ring substituents is 1. The van der Waals surface area contributed by atoms with Crippen LogP contribution in [-0.2, 0) is 4.79 Å². The molecule has 0 fully saturated rings. The molecule has 0 atom stereocenters. The van der Waals surface area contributed by atoms with Crippen molar-refractivity contribution in [1.29, 1.82) is 0 Å². The van der Waals surface area contributed by atoms with Gasteiger partial charge in [0.1, 0.15) is 5.75 Å². The molecule has 24 heavy (non-hydrogen) atoms. The summed E-state index contributed by atoms with van der Waals surface area (Å²) >= 11 is 1.39. The number of anilines is 1. The van der Waals surface area contributed by atoms with Gasteiger partial charge in [-0.15, -0.1) is 0 Å². The monoisotopic (exact) mass is 343 g/mol. The van der Waals surface area contributed by atoms with E-state index in [1.165, 1.54) is 35.6 Å². The number of aryl methyl sites for hydroxylation is 1. The molecule has 0 unspecified atom stereocenters. The third kappa shape index (κ3) is 3.66. The van der Waals surface area contributed by atoms with E-state index in [4.69, 9.17) is 4.74 Å². The van der Waals surface area contributed by atoms with Gasteiger partial charge in [0, 0.05) is 12.1 Å². The number of nitrogens with zero attached hydrogens (tertiary/aromatic N) is 2. The standard InChI is InChI=1S/C16H13N3O4S/c1-10-2-7-13-14(8-10)24-16(17-13)18-15(20)9-23-12-5-3-11(4-6-12)19(21)22/h2-8H,9H2,1H3,(H,17,18,20). The average Bonchev–Trinajstić information content (AvgIpc) is 2.94. The van der Waals surface area contributed by atoms with E-state index in [0.717, 1.165) is 15.8 Å². The van der Waals surface area contributed by atoms with Crippen molar-refractivity contribution in [1.82, 2.24) is 4.98 Å². The van der Waals surface area contributed by atoms with Crippen LogP contribution < -0.4 is 10.1 Å². The van der Waals surface area contributed by atoms with Gasteiger partial charge >= 0.3 is 0 Å². The lowest BCUT2D eigenvalue weighted by molar-refractivity contribution is -0.384. The van der Waals surface area contributed by atoms with Crippen LogP contribution in [-0.4, -0.2) is 22.4 Å². The summed E-state index contributed by atoms with van der Waals surface area (Å²) in [6.07, 6.45) is 0. The van der Waals surface area contributed by atoms with Crippen LogP contribution in [0.5, 0.6) is 5.75 Å². The van der Waals surface area contributed by atoms with Crippen molar-refractivity contribution in [3.8, 4) is 5.75 Å². The SMILES string of the molecule is Cc1ccc2nc(NC(=O)COc3ccc([N+](=O)[O-])cc3)sc2c1. The molecule has 1 amide bonds. The number of amides is 1. The predicted octanol–water partition coefficient (Wildman–Crippen LogP) is 3.53. The molecule has 0 saturated heterocycles. The van der Waals surface area contributed by atoms with E-state index >= 15 is 0 Å². The van der Waals surface area contributed by atoms with Crippen LogP contribution in [0.1, 0.15) is 5.56 Å². The molecular formula is C16H13N3O4S. The van der Waals surface area contributed by atoms with E-state index < -0.39 is 4.92 Å².